The number of aliphatic imine (C=N–C) groups is 1. The van der Waals surface area contributed by atoms with E-state index in [4.69, 9.17) is 0 Å². The minimum atomic E-state index is 0.135. The number of amides is 1. The number of piperazine rings is 1. The minimum Gasteiger partial charge on any atom is -0.369 e. The second kappa shape index (κ2) is 11.7. The van der Waals surface area contributed by atoms with Gasteiger partial charge < -0.3 is 20.4 Å². The van der Waals surface area contributed by atoms with E-state index in [0.29, 0.717) is 0 Å². The van der Waals surface area contributed by atoms with E-state index in [1.165, 1.54) is 5.69 Å². The van der Waals surface area contributed by atoms with Gasteiger partial charge in [0.25, 0.3) is 0 Å². The number of hydrogen-bond acceptors (Lipinski definition) is 4. The Morgan fingerprint density at radius 2 is 1.72 bits per heavy atom. The summed E-state index contributed by atoms with van der Waals surface area (Å²) in [5.74, 6) is 0.880. The van der Waals surface area contributed by atoms with Crippen molar-refractivity contribution in [3.05, 3.63) is 30.3 Å². The van der Waals surface area contributed by atoms with Gasteiger partial charge >= 0.3 is 0 Å². The van der Waals surface area contributed by atoms with Crippen molar-refractivity contribution < 1.29 is 4.79 Å². The molecule has 2 heterocycles. The van der Waals surface area contributed by atoms with Gasteiger partial charge in [0.1, 0.15) is 6.54 Å². The number of carbonyl (C=O) groups is 1. The van der Waals surface area contributed by atoms with Crippen LogP contribution >= 0.6 is 0 Å². The summed E-state index contributed by atoms with van der Waals surface area (Å²) in [4.78, 5) is 23.5. The zero-order chi connectivity index (χ0) is 20.3. The zero-order valence-corrected chi connectivity index (χ0v) is 17.8. The van der Waals surface area contributed by atoms with Crippen molar-refractivity contribution in [2.75, 3.05) is 70.3 Å². The third-order valence-corrected chi connectivity index (χ3v) is 5.61. The van der Waals surface area contributed by atoms with Crippen LogP contribution in [0.25, 0.3) is 0 Å². The van der Waals surface area contributed by atoms with Crippen molar-refractivity contribution in [1.82, 2.24) is 20.4 Å². The van der Waals surface area contributed by atoms with Crippen LogP contribution < -0.4 is 15.5 Å². The Labute approximate surface area is 175 Å². The lowest BCUT2D eigenvalue weighted by Crippen LogP contribution is -2.47. The Hall–Kier alpha value is -2.28. The molecule has 2 saturated heterocycles. The third kappa shape index (κ3) is 6.92. The first-order chi connectivity index (χ1) is 14.3. The maximum absolute atomic E-state index is 12.2. The summed E-state index contributed by atoms with van der Waals surface area (Å²) in [7, 11) is 0. The second-order valence-electron chi connectivity index (χ2n) is 7.73. The van der Waals surface area contributed by atoms with Crippen LogP contribution in [-0.2, 0) is 4.79 Å². The summed E-state index contributed by atoms with van der Waals surface area (Å²) in [6, 6.07) is 10.7. The van der Waals surface area contributed by atoms with Crippen molar-refractivity contribution in [1.29, 1.82) is 0 Å². The van der Waals surface area contributed by atoms with Gasteiger partial charge in [0.05, 0.1) is 0 Å². The highest BCUT2D eigenvalue weighted by Crippen LogP contribution is 2.15. The molecule has 1 aromatic carbocycles. The molecule has 2 fully saturated rings. The Morgan fingerprint density at radius 3 is 2.41 bits per heavy atom. The molecular weight excluding hydrogens is 364 g/mol. The molecule has 0 aliphatic carbocycles. The van der Waals surface area contributed by atoms with E-state index < -0.39 is 0 Å². The highest BCUT2D eigenvalue weighted by atomic mass is 16.2. The standard InChI is InChI=1S/C22H36N6O/c1-2-23-22(25-19-21(29)28-13-6-7-14-28)24-11-8-12-26-15-17-27(18-16-26)20-9-4-3-5-10-20/h3-5,9-10H,2,6-8,11-19H2,1H3,(H2,23,24,25). The third-order valence-electron chi connectivity index (χ3n) is 5.61. The summed E-state index contributed by atoms with van der Waals surface area (Å²) in [5, 5.41) is 6.61. The maximum Gasteiger partial charge on any atom is 0.244 e. The number of guanidine groups is 1. The van der Waals surface area contributed by atoms with Gasteiger partial charge in [-0.15, -0.1) is 0 Å². The first-order valence-electron chi connectivity index (χ1n) is 11.1. The number of carbonyl (C=O) groups excluding carboxylic acids is 1. The van der Waals surface area contributed by atoms with Gasteiger partial charge in [0.15, 0.2) is 5.96 Å². The molecule has 160 valence electrons. The van der Waals surface area contributed by atoms with E-state index in [9.17, 15) is 4.79 Å². The smallest absolute Gasteiger partial charge is 0.244 e. The maximum atomic E-state index is 12.2. The predicted octanol–water partition coefficient (Wildman–Crippen LogP) is 1.38. The first-order valence-corrected chi connectivity index (χ1v) is 11.1. The molecule has 7 nitrogen and oxygen atoms in total. The van der Waals surface area contributed by atoms with Crippen LogP contribution in [0, 0.1) is 0 Å². The largest absolute Gasteiger partial charge is 0.369 e. The molecule has 0 bridgehead atoms. The van der Waals surface area contributed by atoms with Crippen LogP contribution in [0.15, 0.2) is 35.3 Å². The van der Waals surface area contributed by atoms with Crippen LogP contribution in [-0.4, -0.2) is 87.1 Å². The number of likely N-dealkylation sites (tertiary alicyclic amines) is 1. The van der Waals surface area contributed by atoms with Gasteiger partial charge in [-0.1, -0.05) is 18.2 Å². The Morgan fingerprint density at radius 1 is 1.00 bits per heavy atom. The van der Waals surface area contributed by atoms with Gasteiger partial charge in [-0.3, -0.25) is 9.69 Å². The van der Waals surface area contributed by atoms with E-state index in [-0.39, 0.29) is 12.5 Å². The quantitative estimate of drug-likeness (QED) is 0.392. The fourth-order valence-electron chi connectivity index (χ4n) is 3.93. The average Bonchev–Trinajstić information content (AvgIpc) is 3.31. The van der Waals surface area contributed by atoms with E-state index in [2.05, 4.69) is 55.8 Å². The Balaban J connectivity index is 1.33. The number of benzene rings is 1. The molecule has 29 heavy (non-hydrogen) atoms. The molecule has 0 unspecified atom stereocenters. The van der Waals surface area contributed by atoms with Crippen molar-refractivity contribution in [3.63, 3.8) is 0 Å². The number of nitrogens with one attached hydrogen (secondary N) is 2. The highest BCUT2D eigenvalue weighted by Gasteiger charge is 2.18. The molecule has 0 atom stereocenters. The molecule has 0 radical (unpaired) electrons. The molecule has 2 N–H and O–H groups in total. The first kappa shape index (κ1) is 21.4. The van der Waals surface area contributed by atoms with E-state index in [1.807, 2.05) is 11.8 Å². The zero-order valence-electron chi connectivity index (χ0n) is 17.8. The fraction of sp³-hybridized carbons (Fsp3) is 0.636. The van der Waals surface area contributed by atoms with Gasteiger partial charge in [-0.25, -0.2) is 4.99 Å². The Kier molecular flexibility index (Phi) is 8.61. The number of rotatable bonds is 8. The molecule has 0 aromatic heterocycles. The van der Waals surface area contributed by atoms with Gasteiger partial charge in [0.2, 0.25) is 5.91 Å². The molecule has 0 saturated carbocycles. The lowest BCUT2D eigenvalue weighted by molar-refractivity contribution is -0.128. The van der Waals surface area contributed by atoms with Gasteiger partial charge in [0, 0.05) is 58.0 Å². The summed E-state index contributed by atoms with van der Waals surface area (Å²) >= 11 is 0. The topological polar surface area (TPSA) is 63.2 Å². The van der Waals surface area contributed by atoms with E-state index >= 15 is 0 Å². The summed E-state index contributed by atoms with van der Waals surface area (Å²) < 4.78 is 0. The van der Waals surface area contributed by atoms with E-state index in [1.54, 1.807) is 0 Å². The highest BCUT2D eigenvalue weighted by molar-refractivity contribution is 5.85. The Bertz CT molecular complexity index is 636. The van der Waals surface area contributed by atoms with E-state index in [0.717, 1.165) is 84.1 Å². The van der Waals surface area contributed by atoms with Gasteiger partial charge in [-0.2, -0.15) is 0 Å². The monoisotopic (exact) mass is 400 g/mol. The molecule has 7 heteroatoms. The SMILES string of the molecule is CCNC(=NCC(=O)N1CCCC1)NCCCN1CCN(c2ccccc2)CC1. The number of hydrogen-bond donors (Lipinski definition) is 2. The summed E-state index contributed by atoms with van der Waals surface area (Å²) in [6.07, 6.45) is 3.30. The average molecular weight is 401 g/mol. The van der Waals surface area contributed by atoms with Crippen LogP contribution in [0.2, 0.25) is 0 Å². The summed E-state index contributed by atoms with van der Waals surface area (Å²) in [5.41, 5.74) is 1.32. The van der Waals surface area contributed by atoms with Crippen LogP contribution in [0.1, 0.15) is 26.2 Å². The molecule has 1 aromatic rings. The van der Waals surface area contributed by atoms with Crippen molar-refractivity contribution in [2.24, 2.45) is 4.99 Å². The normalized spacial score (nSPS) is 18.2. The molecular formula is C22H36N6O. The van der Waals surface area contributed by atoms with Gasteiger partial charge in [-0.05, 0) is 44.9 Å². The lowest BCUT2D eigenvalue weighted by Gasteiger charge is -2.36. The minimum absolute atomic E-state index is 0.135. The number of para-hydroxylation sites is 1. The van der Waals surface area contributed by atoms with Crippen LogP contribution in [0.5, 0.6) is 0 Å². The fourth-order valence-corrected chi connectivity index (χ4v) is 3.93. The molecule has 2 aliphatic heterocycles. The number of nitrogens with zero attached hydrogens (tertiary/aromatic N) is 4. The number of anilines is 1. The molecule has 3 rings (SSSR count). The molecule has 0 spiro atoms. The van der Waals surface area contributed by atoms with Crippen molar-refractivity contribution in [3.8, 4) is 0 Å². The molecule has 1 amide bonds. The van der Waals surface area contributed by atoms with Crippen LogP contribution in [0.3, 0.4) is 0 Å². The summed E-state index contributed by atoms with van der Waals surface area (Å²) in [6.45, 7) is 11.2. The van der Waals surface area contributed by atoms with Crippen molar-refractivity contribution in [2.45, 2.75) is 26.2 Å². The second-order valence-corrected chi connectivity index (χ2v) is 7.73. The van der Waals surface area contributed by atoms with Crippen molar-refractivity contribution >= 4 is 17.6 Å². The predicted molar refractivity (Wildman–Crippen MR) is 120 cm³/mol. The van der Waals surface area contributed by atoms with Crippen LogP contribution in [0.4, 0.5) is 5.69 Å². The molecule has 2 aliphatic rings. The lowest BCUT2D eigenvalue weighted by atomic mass is 10.2.